The Morgan fingerprint density at radius 2 is 1.89 bits per heavy atom. The van der Waals surface area contributed by atoms with Crippen LogP contribution in [0.1, 0.15) is 24.0 Å². The number of ether oxygens (including phenoxy) is 2. The van der Waals surface area contributed by atoms with Gasteiger partial charge in [-0.25, -0.2) is 4.79 Å². The molecule has 0 unspecified atom stereocenters. The second-order valence-corrected chi connectivity index (χ2v) is 7.33. The lowest BCUT2D eigenvalue weighted by molar-refractivity contribution is 0.0556. The number of para-hydroxylation sites is 1. The first-order chi connectivity index (χ1) is 13.2. The molecule has 1 saturated heterocycles. The Kier molecular flexibility index (Phi) is 5.03. The molecule has 2 aromatic carbocycles. The molecule has 2 aliphatic heterocycles. The smallest absolute Gasteiger partial charge is 0.321 e. The highest BCUT2D eigenvalue weighted by atomic mass is 16.5. The minimum Gasteiger partial charge on any atom is -0.497 e. The zero-order valence-electron chi connectivity index (χ0n) is 15.7. The van der Waals surface area contributed by atoms with Crippen LogP contribution in [0.4, 0.5) is 10.5 Å². The van der Waals surface area contributed by atoms with Gasteiger partial charge in [0.15, 0.2) is 0 Å². The fourth-order valence-electron chi connectivity index (χ4n) is 4.20. The number of anilines is 1. The summed E-state index contributed by atoms with van der Waals surface area (Å²) in [6.07, 6.45) is 2.74. The van der Waals surface area contributed by atoms with E-state index < -0.39 is 0 Å². The van der Waals surface area contributed by atoms with E-state index in [-0.39, 0.29) is 11.4 Å². The Morgan fingerprint density at radius 3 is 2.63 bits per heavy atom. The van der Waals surface area contributed by atoms with Gasteiger partial charge < -0.3 is 14.8 Å². The van der Waals surface area contributed by atoms with Gasteiger partial charge in [-0.2, -0.15) is 0 Å². The van der Waals surface area contributed by atoms with Crippen molar-refractivity contribution in [2.45, 2.75) is 24.7 Å². The van der Waals surface area contributed by atoms with E-state index in [0.717, 1.165) is 50.5 Å². The van der Waals surface area contributed by atoms with Gasteiger partial charge in [-0.3, -0.25) is 4.90 Å². The molecule has 0 atom stereocenters. The van der Waals surface area contributed by atoms with Crippen LogP contribution in [0.15, 0.2) is 48.5 Å². The van der Waals surface area contributed by atoms with Crippen molar-refractivity contribution in [1.82, 2.24) is 5.32 Å². The lowest BCUT2D eigenvalue weighted by Gasteiger charge is -2.34. The molecule has 1 fully saturated rings. The van der Waals surface area contributed by atoms with Gasteiger partial charge >= 0.3 is 6.03 Å². The monoisotopic (exact) mass is 366 g/mol. The zero-order valence-corrected chi connectivity index (χ0v) is 15.7. The van der Waals surface area contributed by atoms with Crippen molar-refractivity contribution < 1.29 is 14.3 Å². The molecule has 0 radical (unpaired) electrons. The molecular weight excluding hydrogens is 340 g/mol. The number of urea groups is 1. The number of fused-ring (bicyclic) bond motifs is 2. The Balaban J connectivity index is 1.41. The largest absolute Gasteiger partial charge is 0.497 e. The lowest BCUT2D eigenvalue weighted by atomic mass is 9.76. The molecule has 2 aliphatic rings. The molecule has 142 valence electrons. The number of amides is 2. The predicted octanol–water partition coefficient (Wildman–Crippen LogP) is 3.52. The molecule has 0 aromatic heterocycles. The van der Waals surface area contributed by atoms with Gasteiger partial charge in [-0.05, 0) is 48.6 Å². The van der Waals surface area contributed by atoms with E-state index >= 15 is 0 Å². The molecule has 1 N–H and O–H groups in total. The lowest BCUT2D eigenvalue weighted by Crippen LogP contribution is -2.45. The summed E-state index contributed by atoms with van der Waals surface area (Å²) in [7, 11) is 1.66. The van der Waals surface area contributed by atoms with E-state index in [2.05, 4.69) is 23.5 Å². The van der Waals surface area contributed by atoms with Crippen LogP contribution < -0.4 is 15.0 Å². The summed E-state index contributed by atoms with van der Waals surface area (Å²) in [5.41, 5.74) is 3.56. The number of nitrogens with one attached hydrogen (secondary N) is 1. The van der Waals surface area contributed by atoms with Crippen molar-refractivity contribution in [2.24, 2.45) is 0 Å². The second kappa shape index (κ2) is 7.61. The van der Waals surface area contributed by atoms with E-state index in [0.29, 0.717) is 6.54 Å². The van der Waals surface area contributed by atoms with Gasteiger partial charge in [0.25, 0.3) is 0 Å². The standard InChI is InChI=1S/C22H26N2O3/c1-26-18-8-6-17(7-9-18)10-13-23-21(25)24-16-22(11-14-27-15-12-22)19-4-2-3-5-20(19)24/h2-9H,10-16H2,1H3,(H,23,25). The Labute approximate surface area is 160 Å². The van der Waals surface area contributed by atoms with E-state index in [1.54, 1.807) is 7.11 Å². The molecule has 0 bridgehead atoms. The second-order valence-electron chi connectivity index (χ2n) is 7.33. The third kappa shape index (κ3) is 3.52. The number of rotatable bonds is 4. The van der Waals surface area contributed by atoms with Gasteiger partial charge in [0.1, 0.15) is 5.75 Å². The first-order valence-electron chi connectivity index (χ1n) is 9.57. The number of hydrogen-bond donors (Lipinski definition) is 1. The van der Waals surface area contributed by atoms with E-state index in [9.17, 15) is 4.79 Å². The normalized spacial score (nSPS) is 17.6. The van der Waals surface area contributed by atoms with Crippen molar-refractivity contribution in [3.63, 3.8) is 0 Å². The summed E-state index contributed by atoms with van der Waals surface area (Å²) in [4.78, 5) is 14.8. The number of nitrogens with zero attached hydrogens (tertiary/aromatic N) is 1. The molecule has 2 amide bonds. The molecule has 1 spiro atoms. The third-order valence-corrected chi connectivity index (χ3v) is 5.77. The number of benzene rings is 2. The summed E-state index contributed by atoms with van der Waals surface area (Å²) in [6.45, 7) is 2.88. The van der Waals surface area contributed by atoms with E-state index in [1.165, 1.54) is 11.1 Å². The molecule has 2 heterocycles. The summed E-state index contributed by atoms with van der Waals surface area (Å²) in [5.74, 6) is 0.846. The number of methoxy groups -OCH3 is 1. The average molecular weight is 366 g/mol. The fraction of sp³-hybridized carbons (Fsp3) is 0.409. The number of hydrogen-bond acceptors (Lipinski definition) is 3. The van der Waals surface area contributed by atoms with Gasteiger partial charge in [0, 0.05) is 37.4 Å². The number of carbonyl (C=O) groups is 1. The Hall–Kier alpha value is -2.53. The predicted molar refractivity (Wildman–Crippen MR) is 106 cm³/mol. The van der Waals surface area contributed by atoms with E-state index in [1.807, 2.05) is 35.2 Å². The van der Waals surface area contributed by atoms with Crippen molar-refractivity contribution in [3.05, 3.63) is 59.7 Å². The van der Waals surface area contributed by atoms with Crippen LogP contribution in [0.2, 0.25) is 0 Å². The quantitative estimate of drug-likeness (QED) is 0.901. The van der Waals surface area contributed by atoms with Crippen molar-refractivity contribution in [3.8, 4) is 5.75 Å². The molecule has 0 aliphatic carbocycles. The van der Waals surface area contributed by atoms with Gasteiger partial charge in [-0.1, -0.05) is 30.3 Å². The van der Waals surface area contributed by atoms with Crippen molar-refractivity contribution >= 4 is 11.7 Å². The molecule has 4 rings (SSSR count). The van der Waals surface area contributed by atoms with Crippen LogP contribution >= 0.6 is 0 Å². The summed E-state index contributed by atoms with van der Waals surface area (Å²) < 4.78 is 10.8. The van der Waals surface area contributed by atoms with Gasteiger partial charge in [-0.15, -0.1) is 0 Å². The SMILES string of the molecule is COc1ccc(CCNC(=O)N2CC3(CCOCC3)c3ccccc32)cc1. The molecule has 0 saturated carbocycles. The Bertz CT molecular complexity index is 797. The van der Waals surface area contributed by atoms with Gasteiger partial charge in [0.05, 0.1) is 7.11 Å². The summed E-state index contributed by atoms with van der Waals surface area (Å²) in [5, 5.41) is 3.09. The Morgan fingerprint density at radius 1 is 1.15 bits per heavy atom. The molecule has 5 nitrogen and oxygen atoms in total. The molecule has 2 aromatic rings. The maximum absolute atomic E-state index is 12.9. The average Bonchev–Trinajstić information content (AvgIpc) is 3.03. The summed E-state index contributed by atoms with van der Waals surface area (Å²) in [6, 6.07) is 16.3. The van der Waals surface area contributed by atoms with Crippen LogP contribution in [0.3, 0.4) is 0 Å². The molecule has 5 heteroatoms. The highest BCUT2D eigenvalue weighted by Gasteiger charge is 2.45. The highest BCUT2D eigenvalue weighted by molar-refractivity contribution is 5.95. The summed E-state index contributed by atoms with van der Waals surface area (Å²) >= 11 is 0. The highest BCUT2D eigenvalue weighted by Crippen LogP contribution is 2.46. The minimum absolute atomic E-state index is 0.0145. The zero-order chi connectivity index (χ0) is 18.7. The van der Waals surface area contributed by atoms with Crippen molar-refractivity contribution in [1.29, 1.82) is 0 Å². The maximum atomic E-state index is 12.9. The van der Waals surface area contributed by atoms with Crippen LogP contribution in [0, 0.1) is 0 Å². The van der Waals surface area contributed by atoms with Crippen LogP contribution in [-0.2, 0) is 16.6 Å². The van der Waals surface area contributed by atoms with E-state index in [4.69, 9.17) is 9.47 Å². The van der Waals surface area contributed by atoms with Crippen LogP contribution in [-0.4, -0.2) is 39.4 Å². The first-order valence-corrected chi connectivity index (χ1v) is 9.57. The third-order valence-electron chi connectivity index (χ3n) is 5.77. The molecular formula is C22H26N2O3. The fourth-order valence-corrected chi connectivity index (χ4v) is 4.20. The van der Waals surface area contributed by atoms with Gasteiger partial charge in [0.2, 0.25) is 0 Å². The van der Waals surface area contributed by atoms with Crippen LogP contribution in [0.25, 0.3) is 0 Å². The number of carbonyl (C=O) groups excluding carboxylic acids is 1. The maximum Gasteiger partial charge on any atom is 0.321 e. The van der Waals surface area contributed by atoms with Crippen LogP contribution in [0.5, 0.6) is 5.75 Å². The minimum atomic E-state index is -0.0145. The van der Waals surface area contributed by atoms with Crippen molar-refractivity contribution in [2.75, 3.05) is 38.3 Å². The molecule has 27 heavy (non-hydrogen) atoms. The first kappa shape index (κ1) is 17.9. The topological polar surface area (TPSA) is 50.8 Å².